The van der Waals surface area contributed by atoms with Gasteiger partial charge in [-0.05, 0) is 28.4 Å². The van der Waals surface area contributed by atoms with Crippen molar-refractivity contribution in [1.82, 2.24) is 4.90 Å². The summed E-state index contributed by atoms with van der Waals surface area (Å²) < 4.78 is 0. The molecule has 1 fully saturated rings. The smallest absolute Gasteiger partial charge is 0.227 e. The first-order chi connectivity index (χ1) is 9.17. The fraction of sp³-hybridized carbons (Fsp3) is 0.556. The molecule has 0 unspecified atom stereocenters. The molecule has 109 valence electrons. The summed E-state index contributed by atoms with van der Waals surface area (Å²) in [5.74, 6) is 0.207. The highest BCUT2D eigenvalue weighted by Gasteiger charge is 2.32. The maximum absolute atomic E-state index is 12.3. The Kier molecular flexibility index (Phi) is 3.95. The zero-order chi connectivity index (χ0) is 15.0. The number of likely N-dealkylation sites (tertiary alicyclic amines) is 1. The van der Waals surface area contributed by atoms with Gasteiger partial charge in [0.15, 0.2) is 0 Å². The summed E-state index contributed by atoms with van der Waals surface area (Å²) >= 11 is 0. The minimum atomic E-state index is 0.162. The summed E-state index contributed by atoms with van der Waals surface area (Å²) in [7, 11) is 0. The molecule has 1 saturated heterocycles. The molecule has 0 aromatic heterocycles. The van der Waals surface area contributed by atoms with E-state index >= 15 is 0 Å². The summed E-state index contributed by atoms with van der Waals surface area (Å²) in [6.45, 7) is 13.9. The molecule has 1 aliphatic rings. The maximum atomic E-state index is 12.3. The van der Waals surface area contributed by atoms with Gasteiger partial charge >= 0.3 is 0 Å². The van der Waals surface area contributed by atoms with Crippen LogP contribution in [-0.4, -0.2) is 17.4 Å². The maximum Gasteiger partial charge on any atom is 0.227 e. The van der Waals surface area contributed by atoms with Crippen LogP contribution < -0.4 is 0 Å². The van der Waals surface area contributed by atoms with Gasteiger partial charge in [-0.2, -0.15) is 0 Å². The van der Waals surface area contributed by atoms with Crippen molar-refractivity contribution in [1.29, 1.82) is 0 Å². The van der Waals surface area contributed by atoms with Crippen LogP contribution in [-0.2, 0) is 16.6 Å². The molecular weight excluding hydrogens is 246 g/mol. The number of amides is 1. The van der Waals surface area contributed by atoms with E-state index in [1.165, 1.54) is 5.56 Å². The highest BCUT2D eigenvalue weighted by molar-refractivity contribution is 5.79. The van der Waals surface area contributed by atoms with Gasteiger partial charge in [-0.15, -0.1) is 0 Å². The van der Waals surface area contributed by atoms with Crippen molar-refractivity contribution in [2.45, 2.75) is 52.9 Å². The normalized spacial score (nSPS) is 18.4. The fourth-order valence-corrected chi connectivity index (χ4v) is 2.54. The Balaban J connectivity index is 1.99. The summed E-state index contributed by atoms with van der Waals surface area (Å²) in [6.07, 6.45) is 1.48. The van der Waals surface area contributed by atoms with Crippen LogP contribution in [0.1, 0.15) is 52.2 Å². The van der Waals surface area contributed by atoms with E-state index in [4.69, 9.17) is 0 Å². The average Bonchev–Trinajstić information content (AvgIpc) is 2.69. The standard InChI is InChI=1S/C18H26NO/c1-17(2,3)15-8-6-14(7-9-15)12-16(20)19-11-10-18(4,5)13-19/h6-9,11H,10,12-13H2,1-5H3. The highest BCUT2D eigenvalue weighted by atomic mass is 16.2. The van der Waals surface area contributed by atoms with Gasteiger partial charge in [0, 0.05) is 6.54 Å². The van der Waals surface area contributed by atoms with E-state index in [0.29, 0.717) is 6.42 Å². The zero-order valence-corrected chi connectivity index (χ0v) is 13.4. The van der Waals surface area contributed by atoms with E-state index in [9.17, 15) is 4.79 Å². The predicted molar refractivity (Wildman–Crippen MR) is 83.3 cm³/mol. The fourth-order valence-electron chi connectivity index (χ4n) is 2.54. The molecule has 20 heavy (non-hydrogen) atoms. The Hall–Kier alpha value is -1.31. The Labute approximate surface area is 123 Å². The lowest BCUT2D eigenvalue weighted by atomic mass is 9.86. The van der Waals surface area contributed by atoms with Crippen molar-refractivity contribution in [3.05, 3.63) is 41.9 Å². The molecule has 2 heteroatoms. The molecule has 2 nitrogen and oxygen atoms in total. The molecule has 1 aromatic carbocycles. The van der Waals surface area contributed by atoms with Gasteiger partial charge in [0.1, 0.15) is 0 Å². The third-order valence-electron chi connectivity index (χ3n) is 3.96. The van der Waals surface area contributed by atoms with Crippen LogP contribution in [0.4, 0.5) is 0 Å². The molecule has 1 radical (unpaired) electrons. The number of rotatable bonds is 2. The van der Waals surface area contributed by atoms with E-state index in [0.717, 1.165) is 18.5 Å². The third kappa shape index (κ3) is 3.62. The second-order valence-electron chi connectivity index (χ2n) is 7.70. The summed E-state index contributed by atoms with van der Waals surface area (Å²) in [5.41, 5.74) is 2.80. The monoisotopic (exact) mass is 272 g/mol. The lowest BCUT2D eigenvalue weighted by Gasteiger charge is -2.21. The number of carbonyl (C=O) groups is 1. The van der Waals surface area contributed by atoms with Crippen molar-refractivity contribution in [2.24, 2.45) is 5.41 Å². The zero-order valence-electron chi connectivity index (χ0n) is 13.4. The van der Waals surface area contributed by atoms with Gasteiger partial charge in [-0.3, -0.25) is 4.79 Å². The van der Waals surface area contributed by atoms with Crippen molar-refractivity contribution in [3.63, 3.8) is 0 Å². The van der Waals surface area contributed by atoms with Gasteiger partial charge in [-0.1, -0.05) is 58.9 Å². The van der Waals surface area contributed by atoms with Gasteiger partial charge in [0.05, 0.1) is 13.0 Å². The Morgan fingerprint density at radius 2 is 1.80 bits per heavy atom. The number of hydrogen-bond acceptors (Lipinski definition) is 1. The lowest BCUT2D eigenvalue weighted by Crippen LogP contribution is -2.29. The number of carbonyl (C=O) groups excluding carboxylic acids is 1. The van der Waals surface area contributed by atoms with E-state index in [1.807, 2.05) is 11.4 Å². The first kappa shape index (κ1) is 15.1. The third-order valence-corrected chi connectivity index (χ3v) is 3.96. The summed E-state index contributed by atoms with van der Waals surface area (Å²) in [5, 5.41) is 0. The number of hydrogen-bond donors (Lipinski definition) is 0. The van der Waals surface area contributed by atoms with Crippen molar-refractivity contribution in [2.75, 3.05) is 6.54 Å². The van der Waals surface area contributed by atoms with E-state index in [-0.39, 0.29) is 16.7 Å². The topological polar surface area (TPSA) is 20.3 Å². The molecule has 1 heterocycles. The van der Waals surface area contributed by atoms with Crippen LogP contribution in [0, 0.1) is 12.0 Å². The van der Waals surface area contributed by atoms with E-state index in [1.54, 1.807) is 0 Å². The number of benzene rings is 1. The van der Waals surface area contributed by atoms with Gasteiger partial charge in [-0.25, -0.2) is 0 Å². The molecule has 1 amide bonds. The second-order valence-corrected chi connectivity index (χ2v) is 7.70. The Bertz CT molecular complexity index is 479. The minimum Gasteiger partial charge on any atom is -0.337 e. The van der Waals surface area contributed by atoms with E-state index < -0.39 is 0 Å². The largest absolute Gasteiger partial charge is 0.337 e. The second kappa shape index (κ2) is 5.23. The average molecular weight is 272 g/mol. The van der Waals surface area contributed by atoms with Crippen LogP contribution >= 0.6 is 0 Å². The van der Waals surface area contributed by atoms with Crippen LogP contribution in [0.3, 0.4) is 0 Å². The van der Waals surface area contributed by atoms with Gasteiger partial charge in [0.25, 0.3) is 0 Å². The van der Waals surface area contributed by atoms with Gasteiger partial charge < -0.3 is 4.90 Å². The highest BCUT2D eigenvalue weighted by Crippen LogP contribution is 2.32. The van der Waals surface area contributed by atoms with Crippen LogP contribution in [0.2, 0.25) is 0 Å². The van der Waals surface area contributed by atoms with Crippen molar-refractivity contribution < 1.29 is 4.79 Å². The molecule has 0 spiro atoms. The Morgan fingerprint density at radius 1 is 1.20 bits per heavy atom. The molecule has 0 aliphatic carbocycles. The number of nitrogens with zero attached hydrogens (tertiary/aromatic N) is 1. The Morgan fingerprint density at radius 3 is 2.25 bits per heavy atom. The molecule has 0 bridgehead atoms. The van der Waals surface area contributed by atoms with Crippen LogP contribution in [0.25, 0.3) is 0 Å². The summed E-state index contributed by atoms with van der Waals surface area (Å²) in [6, 6.07) is 8.44. The lowest BCUT2D eigenvalue weighted by molar-refractivity contribution is -0.128. The quantitative estimate of drug-likeness (QED) is 0.798. The first-order valence-corrected chi connectivity index (χ1v) is 7.40. The molecule has 0 saturated carbocycles. The van der Waals surface area contributed by atoms with Crippen molar-refractivity contribution >= 4 is 5.91 Å². The van der Waals surface area contributed by atoms with Crippen molar-refractivity contribution in [3.8, 4) is 0 Å². The minimum absolute atomic E-state index is 0.162. The molecule has 0 N–H and O–H groups in total. The molecule has 1 aliphatic heterocycles. The predicted octanol–water partition coefficient (Wildman–Crippen LogP) is 3.95. The molecular formula is C18H26NO. The first-order valence-electron chi connectivity index (χ1n) is 7.40. The molecule has 1 aromatic rings. The van der Waals surface area contributed by atoms with Crippen LogP contribution in [0.15, 0.2) is 24.3 Å². The van der Waals surface area contributed by atoms with Gasteiger partial charge in [0.2, 0.25) is 5.91 Å². The molecule has 0 atom stereocenters. The molecule has 2 rings (SSSR count). The van der Waals surface area contributed by atoms with Crippen LogP contribution in [0.5, 0.6) is 0 Å². The van der Waals surface area contributed by atoms with E-state index in [2.05, 4.69) is 58.9 Å². The SMILES string of the molecule is CC1(C)C[CH]N(C(=O)Cc2ccc(C(C)(C)C)cc2)C1. The summed E-state index contributed by atoms with van der Waals surface area (Å²) in [4.78, 5) is 14.2.